The Kier molecular flexibility index (Phi) is 4.93. The van der Waals surface area contributed by atoms with Gasteiger partial charge in [0.2, 0.25) is 5.91 Å². The molecule has 1 fully saturated rings. The molecule has 3 rings (SSSR count). The zero-order valence-corrected chi connectivity index (χ0v) is 14.4. The van der Waals surface area contributed by atoms with Gasteiger partial charge in [-0.05, 0) is 31.0 Å². The number of piperazine rings is 1. The van der Waals surface area contributed by atoms with Crippen LogP contribution >= 0.6 is 11.3 Å². The van der Waals surface area contributed by atoms with Crippen molar-refractivity contribution in [1.82, 2.24) is 9.88 Å². The molecule has 122 valence electrons. The van der Waals surface area contributed by atoms with Crippen LogP contribution in [0.1, 0.15) is 11.1 Å². The average molecular weight is 330 g/mol. The summed E-state index contributed by atoms with van der Waals surface area (Å²) in [6.45, 7) is 8.16. The number of amides is 1. The number of aryl methyl sites for hydroxylation is 1. The molecule has 0 spiro atoms. The molecule has 23 heavy (non-hydrogen) atoms. The number of aromatic nitrogens is 1. The highest BCUT2D eigenvalue weighted by Gasteiger charge is 2.20. The molecule has 5 nitrogen and oxygen atoms in total. The summed E-state index contributed by atoms with van der Waals surface area (Å²) < 4.78 is 0. The van der Waals surface area contributed by atoms with Crippen LogP contribution in [0.15, 0.2) is 29.8 Å². The van der Waals surface area contributed by atoms with E-state index in [4.69, 9.17) is 0 Å². The van der Waals surface area contributed by atoms with E-state index in [1.807, 2.05) is 30.6 Å². The lowest BCUT2D eigenvalue weighted by Gasteiger charge is -2.34. The molecule has 1 N–H and O–H groups in total. The quantitative estimate of drug-likeness (QED) is 0.936. The first-order chi connectivity index (χ1) is 11.1. The van der Waals surface area contributed by atoms with E-state index >= 15 is 0 Å². The molecule has 6 heteroatoms. The molecular formula is C17H22N4OS. The number of anilines is 2. The molecule has 0 radical (unpaired) electrons. The van der Waals surface area contributed by atoms with Crippen LogP contribution in [0, 0.1) is 13.8 Å². The Labute approximate surface area is 140 Å². The lowest BCUT2D eigenvalue weighted by Crippen LogP contribution is -2.48. The number of rotatable bonds is 4. The first-order valence-corrected chi connectivity index (χ1v) is 8.74. The minimum atomic E-state index is 0.0569. The highest BCUT2D eigenvalue weighted by molar-refractivity contribution is 7.13. The summed E-state index contributed by atoms with van der Waals surface area (Å²) in [6.07, 6.45) is 1.84. The van der Waals surface area contributed by atoms with Crippen LogP contribution in [0.2, 0.25) is 0 Å². The number of nitrogens with one attached hydrogen (secondary N) is 1. The zero-order chi connectivity index (χ0) is 16.2. The number of nitrogens with zero attached hydrogens (tertiary/aromatic N) is 3. The van der Waals surface area contributed by atoms with Crippen molar-refractivity contribution in [2.45, 2.75) is 13.8 Å². The van der Waals surface area contributed by atoms with Gasteiger partial charge in [0.15, 0.2) is 5.13 Å². The molecule has 1 aromatic carbocycles. The second-order valence-electron chi connectivity index (χ2n) is 5.87. The van der Waals surface area contributed by atoms with Gasteiger partial charge in [0.25, 0.3) is 0 Å². The summed E-state index contributed by atoms with van der Waals surface area (Å²) in [5, 5.41) is 6.11. The molecule has 0 bridgehead atoms. The topological polar surface area (TPSA) is 48.5 Å². The molecule has 0 atom stereocenters. The van der Waals surface area contributed by atoms with Crippen molar-refractivity contribution in [2.24, 2.45) is 0 Å². The Morgan fingerprint density at radius 2 is 2.04 bits per heavy atom. The van der Waals surface area contributed by atoms with Gasteiger partial charge in [0, 0.05) is 43.4 Å². The van der Waals surface area contributed by atoms with Crippen LogP contribution in [0.4, 0.5) is 10.8 Å². The molecule has 1 aliphatic heterocycles. The molecule has 0 aliphatic carbocycles. The Hall–Kier alpha value is -1.92. The maximum Gasteiger partial charge on any atom is 0.238 e. The maximum absolute atomic E-state index is 12.3. The van der Waals surface area contributed by atoms with Gasteiger partial charge < -0.3 is 10.2 Å². The Morgan fingerprint density at radius 1 is 1.26 bits per heavy atom. The van der Waals surface area contributed by atoms with Crippen molar-refractivity contribution >= 4 is 28.1 Å². The van der Waals surface area contributed by atoms with Crippen LogP contribution in [0.3, 0.4) is 0 Å². The fourth-order valence-corrected chi connectivity index (χ4v) is 3.45. The molecule has 1 aromatic heterocycles. The normalized spacial score (nSPS) is 15.7. The number of thiazole rings is 1. The third-order valence-electron chi connectivity index (χ3n) is 4.31. The second kappa shape index (κ2) is 7.10. The van der Waals surface area contributed by atoms with E-state index in [0.29, 0.717) is 6.54 Å². The second-order valence-corrected chi connectivity index (χ2v) is 6.75. The summed E-state index contributed by atoms with van der Waals surface area (Å²) in [4.78, 5) is 21.1. The summed E-state index contributed by atoms with van der Waals surface area (Å²) in [6, 6.07) is 5.99. The average Bonchev–Trinajstić information content (AvgIpc) is 3.07. The number of carbonyl (C=O) groups excluding carboxylic acids is 1. The van der Waals surface area contributed by atoms with Gasteiger partial charge in [-0.1, -0.05) is 12.1 Å². The van der Waals surface area contributed by atoms with Crippen molar-refractivity contribution in [3.63, 3.8) is 0 Å². The molecule has 1 aliphatic rings. The fourth-order valence-electron chi connectivity index (χ4n) is 2.75. The Morgan fingerprint density at radius 3 is 2.74 bits per heavy atom. The van der Waals surface area contributed by atoms with E-state index in [2.05, 4.69) is 33.1 Å². The predicted octanol–water partition coefficient (Wildman–Crippen LogP) is 2.52. The van der Waals surface area contributed by atoms with E-state index in [0.717, 1.165) is 42.6 Å². The number of hydrogen-bond donors (Lipinski definition) is 1. The van der Waals surface area contributed by atoms with Crippen LogP contribution in [0.5, 0.6) is 0 Å². The monoisotopic (exact) mass is 330 g/mol. The van der Waals surface area contributed by atoms with Crippen molar-refractivity contribution in [3.05, 3.63) is 40.9 Å². The van der Waals surface area contributed by atoms with E-state index in [1.165, 1.54) is 5.56 Å². The van der Waals surface area contributed by atoms with Gasteiger partial charge in [0.05, 0.1) is 6.54 Å². The van der Waals surface area contributed by atoms with Gasteiger partial charge in [-0.2, -0.15) is 0 Å². The molecule has 1 amide bonds. The summed E-state index contributed by atoms with van der Waals surface area (Å²) in [5.74, 6) is 0.0569. The lowest BCUT2D eigenvalue weighted by atomic mass is 10.1. The third-order valence-corrected chi connectivity index (χ3v) is 5.14. The zero-order valence-electron chi connectivity index (χ0n) is 13.6. The van der Waals surface area contributed by atoms with Crippen LogP contribution in [-0.4, -0.2) is 48.5 Å². The molecule has 2 heterocycles. The highest BCUT2D eigenvalue weighted by Crippen LogP contribution is 2.20. The van der Waals surface area contributed by atoms with Crippen molar-refractivity contribution in [3.8, 4) is 0 Å². The first-order valence-electron chi connectivity index (χ1n) is 7.86. The summed E-state index contributed by atoms with van der Waals surface area (Å²) in [5.41, 5.74) is 3.24. The van der Waals surface area contributed by atoms with Crippen LogP contribution in [0.25, 0.3) is 0 Å². The lowest BCUT2D eigenvalue weighted by molar-refractivity contribution is -0.117. The van der Waals surface area contributed by atoms with Gasteiger partial charge in [-0.3, -0.25) is 9.69 Å². The molecule has 2 aromatic rings. The smallest absolute Gasteiger partial charge is 0.238 e. The standard InChI is InChI=1S/C17H22N4OS/c1-13-4-3-5-15(14(13)2)19-16(22)12-20-7-9-21(10-8-20)17-18-6-11-23-17/h3-6,11H,7-10,12H2,1-2H3,(H,19,22). The number of benzene rings is 1. The SMILES string of the molecule is Cc1cccc(NC(=O)CN2CCN(c3nccs3)CC2)c1C. The summed E-state index contributed by atoms with van der Waals surface area (Å²) in [7, 11) is 0. The molecule has 0 unspecified atom stereocenters. The highest BCUT2D eigenvalue weighted by atomic mass is 32.1. The van der Waals surface area contributed by atoms with Gasteiger partial charge in [-0.15, -0.1) is 11.3 Å². The third kappa shape index (κ3) is 3.89. The number of hydrogen-bond acceptors (Lipinski definition) is 5. The van der Waals surface area contributed by atoms with Gasteiger partial charge in [0.1, 0.15) is 0 Å². The van der Waals surface area contributed by atoms with E-state index in [1.54, 1.807) is 11.3 Å². The van der Waals surface area contributed by atoms with E-state index in [9.17, 15) is 4.79 Å². The van der Waals surface area contributed by atoms with E-state index in [-0.39, 0.29) is 5.91 Å². The van der Waals surface area contributed by atoms with Gasteiger partial charge in [-0.25, -0.2) is 4.98 Å². The molecular weight excluding hydrogens is 308 g/mol. The van der Waals surface area contributed by atoms with Gasteiger partial charge >= 0.3 is 0 Å². The first kappa shape index (κ1) is 16.0. The predicted molar refractivity (Wildman–Crippen MR) is 95.3 cm³/mol. The molecule has 1 saturated heterocycles. The maximum atomic E-state index is 12.3. The minimum Gasteiger partial charge on any atom is -0.346 e. The Balaban J connectivity index is 1.50. The molecule has 0 saturated carbocycles. The Bertz CT molecular complexity index is 663. The fraction of sp³-hybridized carbons (Fsp3) is 0.412. The largest absolute Gasteiger partial charge is 0.346 e. The number of carbonyl (C=O) groups is 1. The van der Waals surface area contributed by atoms with Crippen LogP contribution in [-0.2, 0) is 4.79 Å². The minimum absolute atomic E-state index is 0.0569. The van der Waals surface area contributed by atoms with E-state index < -0.39 is 0 Å². The summed E-state index contributed by atoms with van der Waals surface area (Å²) >= 11 is 1.67. The van der Waals surface area contributed by atoms with Crippen molar-refractivity contribution in [2.75, 3.05) is 42.9 Å². The van der Waals surface area contributed by atoms with Crippen molar-refractivity contribution in [1.29, 1.82) is 0 Å². The van der Waals surface area contributed by atoms with Crippen LogP contribution < -0.4 is 10.2 Å². The van der Waals surface area contributed by atoms with Crippen molar-refractivity contribution < 1.29 is 4.79 Å².